The van der Waals surface area contributed by atoms with Crippen molar-refractivity contribution in [2.75, 3.05) is 25.0 Å². The van der Waals surface area contributed by atoms with E-state index in [0.717, 1.165) is 0 Å². The van der Waals surface area contributed by atoms with Crippen molar-refractivity contribution in [3.05, 3.63) is 29.8 Å². The van der Waals surface area contributed by atoms with Crippen molar-refractivity contribution >= 4 is 23.7 Å². The third-order valence-corrected chi connectivity index (χ3v) is 3.80. The average Bonchev–Trinajstić information content (AvgIpc) is 2.55. The minimum absolute atomic E-state index is 0.254. The van der Waals surface area contributed by atoms with Crippen LogP contribution in [0.3, 0.4) is 0 Å². The fraction of sp³-hybridized carbons (Fsp3) is 0.438. The molecular weight excluding hydrogens is 300 g/mol. The molecule has 1 saturated heterocycles. The van der Waals surface area contributed by atoms with E-state index in [1.807, 2.05) is 0 Å². The number of anilines is 1. The van der Waals surface area contributed by atoms with Gasteiger partial charge in [-0.1, -0.05) is 12.1 Å². The molecule has 0 radical (unpaired) electrons. The molecule has 0 bridgehead atoms. The van der Waals surface area contributed by atoms with Gasteiger partial charge in [-0.25, -0.2) is 9.59 Å². The predicted molar refractivity (Wildman–Crippen MR) is 83.4 cm³/mol. The zero-order valence-electron chi connectivity index (χ0n) is 12.9. The molecule has 2 rings (SSSR count). The number of likely N-dealkylation sites (tertiary alicyclic amines) is 1. The van der Waals surface area contributed by atoms with Gasteiger partial charge in [0.2, 0.25) is 0 Å². The number of benzene rings is 1. The standard InChI is InChI=1S/C16H20N2O5/c1-2-23-15(21)12-5-3-4-6-13(12)17-16(22)18-9-7-11(8-10-18)14(19)20/h3-6,11H,2,7-10H2,1H3,(H,17,22)(H,19,20). The maximum absolute atomic E-state index is 12.3. The Balaban J connectivity index is 2.01. The molecule has 0 saturated carbocycles. The number of carboxylic acid groups (broad SMARTS) is 1. The first kappa shape index (κ1) is 16.8. The third kappa shape index (κ3) is 4.21. The normalized spacial score (nSPS) is 15.1. The Hall–Kier alpha value is -2.57. The summed E-state index contributed by atoms with van der Waals surface area (Å²) in [6.07, 6.45) is 0.866. The van der Waals surface area contributed by atoms with Crippen molar-refractivity contribution in [1.29, 1.82) is 0 Å². The SMILES string of the molecule is CCOC(=O)c1ccccc1NC(=O)N1CCC(C(=O)O)CC1. The van der Waals surface area contributed by atoms with Gasteiger partial charge in [0.05, 0.1) is 23.8 Å². The summed E-state index contributed by atoms with van der Waals surface area (Å²) in [5, 5.41) is 11.7. The highest BCUT2D eigenvalue weighted by Crippen LogP contribution is 2.20. The topological polar surface area (TPSA) is 95.9 Å². The predicted octanol–water partition coefficient (Wildman–Crippen LogP) is 2.19. The number of rotatable bonds is 4. The molecule has 1 aromatic carbocycles. The van der Waals surface area contributed by atoms with Crippen LogP contribution in [0.5, 0.6) is 0 Å². The number of urea groups is 1. The number of amides is 2. The largest absolute Gasteiger partial charge is 0.481 e. The van der Waals surface area contributed by atoms with Crippen LogP contribution in [-0.2, 0) is 9.53 Å². The Morgan fingerprint density at radius 1 is 1.26 bits per heavy atom. The molecule has 1 heterocycles. The fourth-order valence-corrected chi connectivity index (χ4v) is 2.50. The molecule has 0 spiro atoms. The van der Waals surface area contributed by atoms with Gasteiger partial charge in [0.15, 0.2) is 0 Å². The van der Waals surface area contributed by atoms with Crippen LogP contribution in [0.4, 0.5) is 10.5 Å². The maximum atomic E-state index is 12.3. The number of carboxylic acids is 1. The Morgan fingerprint density at radius 2 is 1.91 bits per heavy atom. The number of esters is 1. The molecule has 0 unspecified atom stereocenters. The first-order chi connectivity index (χ1) is 11.0. The van der Waals surface area contributed by atoms with E-state index in [1.165, 1.54) is 0 Å². The zero-order valence-corrected chi connectivity index (χ0v) is 12.9. The zero-order chi connectivity index (χ0) is 16.8. The number of piperidine rings is 1. The third-order valence-electron chi connectivity index (χ3n) is 3.80. The molecule has 124 valence electrons. The number of para-hydroxylation sites is 1. The van der Waals surface area contributed by atoms with Gasteiger partial charge >= 0.3 is 18.0 Å². The van der Waals surface area contributed by atoms with E-state index in [1.54, 1.807) is 36.1 Å². The highest BCUT2D eigenvalue weighted by atomic mass is 16.5. The number of hydrogen-bond acceptors (Lipinski definition) is 4. The Bertz CT molecular complexity index is 594. The number of ether oxygens (including phenoxy) is 1. The van der Waals surface area contributed by atoms with Gasteiger partial charge in [-0.2, -0.15) is 0 Å². The van der Waals surface area contributed by atoms with E-state index in [2.05, 4.69) is 5.32 Å². The average molecular weight is 320 g/mol. The van der Waals surface area contributed by atoms with Gasteiger partial charge in [-0.05, 0) is 31.9 Å². The van der Waals surface area contributed by atoms with Crippen molar-refractivity contribution in [2.24, 2.45) is 5.92 Å². The van der Waals surface area contributed by atoms with Crippen molar-refractivity contribution in [1.82, 2.24) is 4.90 Å². The lowest BCUT2D eigenvalue weighted by Gasteiger charge is -2.30. The van der Waals surface area contributed by atoms with Crippen molar-refractivity contribution < 1.29 is 24.2 Å². The van der Waals surface area contributed by atoms with Crippen LogP contribution in [0.25, 0.3) is 0 Å². The molecule has 2 N–H and O–H groups in total. The van der Waals surface area contributed by atoms with Crippen LogP contribution in [0, 0.1) is 5.92 Å². The highest BCUT2D eigenvalue weighted by molar-refractivity contribution is 6.00. The molecule has 7 nitrogen and oxygen atoms in total. The second-order valence-electron chi connectivity index (χ2n) is 5.30. The van der Waals surface area contributed by atoms with E-state index >= 15 is 0 Å². The van der Waals surface area contributed by atoms with E-state index in [9.17, 15) is 14.4 Å². The van der Waals surface area contributed by atoms with Crippen molar-refractivity contribution in [2.45, 2.75) is 19.8 Å². The van der Waals surface area contributed by atoms with E-state index in [4.69, 9.17) is 9.84 Å². The quantitative estimate of drug-likeness (QED) is 0.829. The molecule has 7 heteroatoms. The minimum atomic E-state index is -0.822. The molecule has 1 aliphatic heterocycles. The van der Waals surface area contributed by atoms with E-state index in [-0.39, 0.29) is 12.6 Å². The van der Waals surface area contributed by atoms with Crippen LogP contribution >= 0.6 is 0 Å². The Labute approximate surface area is 134 Å². The number of carbonyl (C=O) groups excluding carboxylic acids is 2. The number of nitrogens with one attached hydrogen (secondary N) is 1. The summed E-state index contributed by atoms with van der Waals surface area (Å²) in [7, 11) is 0. The van der Waals surface area contributed by atoms with Gasteiger partial charge in [-0.15, -0.1) is 0 Å². The molecule has 1 aromatic rings. The minimum Gasteiger partial charge on any atom is -0.481 e. The molecule has 0 atom stereocenters. The molecular formula is C16H20N2O5. The lowest BCUT2D eigenvalue weighted by Crippen LogP contribution is -2.42. The number of hydrogen-bond donors (Lipinski definition) is 2. The van der Waals surface area contributed by atoms with Crippen molar-refractivity contribution in [3.63, 3.8) is 0 Å². The summed E-state index contributed by atoms with van der Waals surface area (Å²) in [6.45, 7) is 2.73. The van der Waals surface area contributed by atoms with Crippen LogP contribution in [0.2, 0.25) is 0 Å². The summed E-state index contributed by atoms with van der Waals surface area (Å²) in [4.78, 5) is 36.7. The van der Waals surface area contributed by atoms with Gasteiger partial charge in [-0.3, -0.25) is 4.79 Å². The van der Waals surface area contributed by atoms with Crippen LogP contribution in [0.1, 0.15) is 30.1 Å². The summed E-state index contributed by atoms with van der Waals surface area (Å²) >= 11 is 0. The molecule has 0 aromatic heterocycles. The van der Waals surface area contributed by atoms with Crippen molar-refractivity contribution in [3.8, 4) is 0 Å². The van der Waals surface area contributed by atoms with E-state index in [0.29, 0.717) is 37.2 Å². The second-order valence-corrected chi connectivity index (χ2v) is 5.30. The van der Waals surface area contributed by atoms with Gasteiger partial charge < -0.3 is 20.1 Å². The van der Waals surface area contributed by atoms with E-state index < -0.39 is 17.9 Å². The highest BCUT2D eigenvalue weighted by Gasteiger charge is 2.27. The monoisotopic (exact) mass is 320 g/mol. The first-order valence-electron chi connectivity index (χ1n) is 7.57. The molecule has 0 aliphatic carbocycles. The molecule has 2 amide bonds. The lowest BCUT2D eigenvalue weighted by molar-refractivity contribution is -0.143. The maximum Gasteiger partial charge on any atom is 0.340 e. The number of carbonyl (C=O) groups is 3. The van der Waals surface area contributed by atoms with Crippen LogP contribution in [-0.4, -0.2) is 47.7 Å². The first-order valence-corrected chi connectivity index (χ1v) is 7.57. The smallest absolute Gasteiger partial charge is 0.340 e. The molecule has 1 aliphatic rings. The number of nitrogens with zero attached hydrogens (tertiary/aromatic N) is 1. The summed E-state index contributed by atoms with van der Waals surface area (Å²) in [5.41, 5.74) is 0.680. The summed E-state index contributed by atoms with van der Waals surface area (Å²) in [5.74, 6) is -1.71. The molecule has 23 heavy (non-hydrogen) atoms. The second kappa shape index (κ2) is 7.62. The fourth-order valence-electron chi connectivity index (χ4n) is 2.50. The Kier molecular flexibility index (Phi) is 5.56. The van der Waals surface area contributed by atoms with Gasteiger partial charge in [0.25, 0.3) is 0 Å². The molecule has 1 fully saturated rings. The summed E-state index contributed by atoms with van der Waals surface area (Å²) < 4.78 is 4.97. The number of aliphatic carboxylic acids is 1. The Morgan fingerprint density at radius 3 is 2.52 bits per heavy atom. The van der Waals surface area contributed by atoms with Gasteiger partial charge in [0.1, 0.15) is 0 Å². The van der Waals surface area contributed by atoms with Crippen LogP contribution < -0.4 is 5.32 Å². The lowest BCUT2D eigenvalue weighted by atomic mass is 9.97. The van der Waals surface area contributed by atoms with Crippen LogP contribution in [0.15, 0.2) is 24.3 Å². The van der Waals surface area contributed by atoms with Gasteiger partial charge in [0, 0.05) is 13.1 Å². The summed E-state index contributed by atoms with van der Waals surface area (Å²) in [6, 6.07) is 6.29.